The van der Waals surface area contributed by atoms with Gasteiger partial charge in [-0.15, -0.1) is 0 Å². The van der Waals surface area contributed by atoms with Gasteiger partial charge in [0, 0.05) is 62.9 Å². The van der Waals surface area contributed by atoms with E-state index in [1.54, 1.807) is 13.1 Å². The number of pyridine rings is 1. The molecule has 5 heterocycles. The van der Waals surface area contributed by atoms with Crippen molar-refractivity contribution in [2.24, 2.45) is 17.8 Å². The Hall–Kier alpha value is -1.78. The molecule has 1 aromatic heterocycles. The molecular formula is C40H68N4O9. The van der Waals surface area contributed by atoms with Gasteiger partial charge in [0.2, 0.25) is 0 Å². The third-order valence-corrected chi connectivity index (χ3v) is 12.4. The number of rotatable bonds is 6. The molecule has 4 saturated heterocycles. The SMILES string of the molecule is CC[C@H]1OC(=O)[C@H](C)[C@H]2OC3(CCN(Cc4cccnc4)CC3)O[C@](C)(C[C@@H](C)CN[C@H](C)[C@@H](O)[C@]1(C)O)[C@H](O[C@@H]1O[C@H](C)C[C@H](N(C)C)[C@H]1O)[C@H]2C. The number of hydrogen-bond donors (Lipinski definition) is 4. The van der Waals surface area contributed by atoms with Crippen molar-refractivity contribution in [2.75, 3.05) is 33.7 Å². The van der Waals surface area contributed by atoms with Gasteiger partial charge in [-0.25, -0.2) is 0 Å². The zero-order valence-corrected chi connectivity index (χ0v) is 33.7. The predicted molar refractivity (Wildman–Crippen MR) is 200 cm³/mol. The molecule has 4 aliphatic rings. The fourth-order valence-corrected chi connectivity index (χ4v) is 9.35. The lowest BCUT2D eigenvalue weighted by Crippen LogP contribution is -2.60. The van der Waals surface area contributed by atoms with Crippen LogP contribution in [0.1, 0.15) is 93.1 Å². The Morgan fingerprint density at radius 1 is 1.11 bits per heavy atom. The second-order valence-electron chi connectivity index (χ2n) is 17.3. The largest absolute Gasteiger partial charge is 0.459 e. The number of likely N-dealkylation sites (tertiary alicyclic amines) is 1. The van der Waals surface area contributed by atoms with Crippen LogP contribution >= 0.6 is 0 Å². The molecule has 302 valence electrons. The van der Waals surface area contributed by atoms with Crippen molar-refractivity contribution in [3.8, 4) is 0 Å². The third-order valence-electron chi connectivity index (χ3n) is 12.4. The minimum absolute atomic E-state index is 0.0187. The maximum atomic E-state index is 14.2. The van der Waals surface area contributed by atoms with Gasteiger partial charge in [-0.3, -0.25) is 14.7 Å². The number of carbonyl (C=O) groups excluding carboxylic acids is 1. The summed E-state index contributed by atoms with van der Waals surface area (Å²) in [5, 5.41) is 38.1. The van der Waals surface area contributed by atoms with E-state index in [1.807, 2.05) is 59.0 Å². The molecule has 0 unspecified atom stereocenters. The van der Waals surface area contributed by atoms with Gasteiger partial charge in [0.1, 0.15) is 23.9 Å². The van der Waals surface area contributed by atoms with Crippen molar-refractivity contribution in [3.05, 3.63) is 30.1 Å². The molecule has 14 atom stereocenters. The van der Waals surface area contributed by atoms with E-state index in [0.717, 1.165) is 12.1 Å². The fourth-order valence-electron chi connectivity index (χ4n) is 9.35. The number of piperidine rings is 1. The summed E-state index contributed by atoms with van der Waals surface area (Å²) < 4.78 is 34.0. The van der Waals surface area contributed by atoms with Gasteiger partial charge < -0.3 is 49.2 Å². The number of aliphatic hydroxyl groups is 3. The van der Waals surface area contributed by atoms with Crippen LogP contribution in [0.5, 0.6) is 0 Å². The topological polar surface area (TPSA) is 155 Å². The number of esters is 1. The van der Waals surface area contributed by atoms with Gasteiger partial charge in [0.05, 0.1) is 29.8 Å². The number of aromatic nitrogens is 1. The Labute approximate surface area is 317 Å². The Morgan fingerprint density at radius 2 is 1.81 bits per heavy atom. The molecule has 13 heteroatoms. The summed E-state index contributed by atoms with van der Waals surface area (Å²) >= 11 is 0. The quantitative estimate of drug-likeness (QED) is 0.316. The Balaban J connectivity index is 1.56. The van der Waals surface area contributed by atoms with E-state index in [2.05, 4.69) is 35.1 Å². The highest BCUT2D eigenvalue weighted by molar-refractivity contribution is 5.73. The second-order valence-corrected chi connectivity index (χ2v) is 17.3. The van der Waals surface area contributed by atoms with Crippen molar-refractivity contribution >= 4 is 5.97 Å². The molecule has 1 aromatic rings. The van der Waals surface area contributed by atoms with Crippen LogP contribution in [0.3, 0.4) is 0 Å². The molecule has 0 aromatic carbocycles. The average molecular weight is 749 g/mol. The summed E-state index contributed by atoms with van der Waals surface area (Å²) in [5.74, 6) is -2.77. The van der Waals surface area contributed by atoms with Crippen molar-refractivity contribution in [1.82, 2.24) is 20.1 Å². The molecule has 0 radical (unpaired) electrons. The molecule has 4 fully saturated rings. The van der Waals surface area contributed by atoms with Crippen molar-refractivity contribution in [3.63, 3.8) is 0 Å². The Bertz CT molecular complexity index is 1330. The van der Waals surface area contributed by atoms with Gasteiger partial charge in [-0.05, 0) is 92.1 Å². The smallest absolute Gasteiger partial charge is 0.311 e. The number of nitrogens with zero attached hydrogens (tertiary/aromatic N) is 3. The molecule has 0 aliphatic carbocycles. The molecule has 13 nitrogen and oxygen atoms in total. The Kier molecular flexibility index (Phi) is 13.7. The predicted octanol–water partition coefficient (Wildman–Crippen LogP) is 3.08. The van der Waals surface area contributed by atoms with E-state index in [9.17, 15) is 20.1 Å². The zero-order valence-electron chi connectivity index (χ0n) is 33.7. The van der Waals surface area contributed by atoms with Crippen molar-refractivity contribution in [1.29, 1.82) is 0 Å². The molecule has 53 heavy (non-hydrogen) atoms. The van der Waals surface area contributed by atoms with Crippen LogP contribution in [0.2, 0.25) is 0 Å². The second kappa shape index (κ2) is 17.2. The van der Waals surface area contributed by atoms with Crippen LogP contribution in [0.4, 0.5) is 0 Å². The first-order valence-electron chi connectivity index (χ1n) is 19.9. The molecule has 4 aliphatic heterocycles. The average Bonchev–Trinajstić information content (AvgIpc) is 3.19. The number of carbonyl (C=O) groups is 1. The van der Waals surface area contributed by atoms with Gasteiger partial charge in [-0.1, -0.05) is 26.8 Å². The fraction of sp³-hybridized carbons (Fsp3) is 0.850. The molecule has 5 rings (SSSR count). The number of likely N-dealkylation sites (N-methyl/N-ethyl adjacent to an activating group) is 1. The first-order valence-corrected chi connectivity index (χ1v) is 19.9. The summed E-state index contributed by atoms with van der Waals surface area (Å²) in [6.45, 7) is 17.9. The zero-order chi connectivity index (χ0) is 38.9. The van der Waals surface area contributed by atoms with Gasteiger partial charge in [-0.2, -0.15) is 0 Å². The van der Waals surface area contributed by atoms with Crippen LogP contribution in [-0.4, -0.2) is 142 Å². The van der Waals surface area contributed by atoms with E-state index in [0.29, 0.717) is 51.7 Å². The Morgan fingerprint density at radius 3 is 2.43 bits per heavy atom. The van der Waals surface area contributed by atoms with Gasteiger partial charge in [0.25, 0.3) is 0 Å². The summed E-state index contributed by atoms with van der Waals surface area (Å²) in [6.07, 6.45) is 0.723. The van der Waals surface area contributed by atoms with E-state index in [4.69, 9.17) is 23.7 Å². The number of fused-ring (bicyclic) bond motifs is 3. The number of hydrogen-bond acceptors (Lipinski definition) is 13. The number of cyclic esters (lactones) is 1. The molecule has 1 spiro atoms. The van der Waals surface area contributed by atoms with E-state index >= 15 is 0 Å². The van der Waals surface area contributed by atoms with E-state index in [1.165, 1.54) is 6.92 Å². The highest BCUT2D eigenvalue weighted by Crippen LogP contribution is 2.48. The van der Waals surface area contributed by atoms with Crippen LogP contribution in [0, 0.1) is 17.8 Å². The first-order chi connectivity index (χ1) is 24.9. The molecule has 0 amide bonds. The van der Waals surface area contributed by atoms with Crippen molar-refractivity contribution < 1.29 is 43.8 Å². The maximum absolute atomic E-state index is 14.2. The molecule has 0 saturated carbocycles. The lowest BCUT2D eigenvalue weighted by Gasteiger charge is -2.49. The van der Waals surface area contributed by atoms with Crippen LogP contribution in [-0.2, 0) is 35.0 Å². The number of aliphatic hydroxyl groups excluding tert-OH is 2. The summed E-state index contributed by atoms with van der Waals surface area (Å²) in [7, 11) is 3.90. The highest BCUT2D eigenvalue weighted by atomic mass is 16.7. The number of ether oxygens (including phenoxy) is 5. The normalized spacial score (nSPS) is 43.5. The minimum Gasteiger partial charge on any atom is -0.459 e. The maximum Gasteiger partial charge on any atom is 0.311 e. The van der Waals surface area contributed by atoms with E-state index in [-0.39, 0.29) is 18.1 Å². The highest BCUT2D eigenvalue weighted by Gasteiger charge is 2.58. The summed E-state index contributed by atoms with van der Waals surface area (Å²) in [6, 6.07) is 3.35. The monoisotopic (exact) mass is 748 g/mol. The minimum atomic E-state index is -1.71. The lowest BCUT2D eigenvalue weighted by atomic mass is 9.78. The van der Waals surface area contributed by atoms with E-state index < -0.39 is 77.6 Å². The number of nitrogens with one attached hydrogen (secondary N) is 1. The first kappa shape index (κ1) is 42.4. The van der Waals surface area contributed by atoms with Gasteiger partial charge in [0.15, 0.2) is 12.1 Å². The van der Waals surface area contributed by atoms with Crippen LogP contribution in [0.25, 0.3) is 0 Å². The summed E-state index contributed by atoms with van der Waals surface area (Å²) in [4.78, 5) is 22.9. The summed E-state index contributed by atoms with van der Waals surface area (Å²) in [5.41, 5.74) is -1.54. The van der Waals surface area contributed by atoms with Crippen LogP contribution < -0.4 is 5.32 Å². The standard InChI is InChI=1S/C40H68N4O9/c1-11-31-39(8,48)34(46)28(6)42-21-24(2)20-38(7)35(51-37-32(45)30(43(9)10)19-25(3)49-37)26(4)33(27(5)36(47)50-31)52-40(53-38)14-17-44(18-15-40)23-29-13-12-16-41-22-29/h12-13,16,22,24-28,30-35,37,42,45-46,48H,11,14-15,17-21,23H2,1-10H3/t24-,25-,26+,27-,28-,30+,31-,32-,33+,34-,35-,37+,38-,39-/m1/s1. The molecule has 2 bridgehead atoms. The lowest BCUT2D eigenvalue weighted by molar-refractivity contribution is -0.332. The molecule has 4 N–H and O–H groups in total. The van der Waals surface area contributed by atoms with Gasteiger partial charge >= 0.3 is 5.97 Å². The van der Waals surface area contributed by atoms with Crippen LogP contribution in [0.15, 0.2) is 24.5 Å². The molecular weight excluding hydrogens is 680 g/mol. The third kappa shape index (κ3) is 9.44. The van der Waals surface area contributed by atoms with Crippen molar-refractivity contribution in [2.45, 2.75) is 166 Å².